The van der Waals surface area contributed by atoms with E-state index >= 15 is 0 Å². The molecular weight excluding hydrogens is 248 g/mol. The predicted octanol–water partition coefficient (Wildman–Crippen LogP) is 2.91. The van der Waals surface area contributed by atoms with Crippen molar-refractivity contribution in [3.63, 3.8) is 0 Å². The third-order valence-electron chi connectivity index (χ3n) is 2.89. The van der Waals surface area contributed by atoms with Crippen LogP contribution in [0.15, 0.2) is 24.3 Å². The number of rotatable bonds is 7. The standard InChI is InChI=1S/C13H22N2O2S/c1-4-11(3)10-14-12-6-8-13(9-7-12)15-18(16,17)5-2/h6-9,11,14-15H,4-5,10H2,1-3H3. The summed E-state index contributed by atoms with van der Waals surface area (Å²) >= 11 is 0. The largest absolute Gasteiger partial charge is 0.385 e. The summed E-state index contributed by atoms with van der Waals surface area (Å²) in [5, 5.41) is 3.32. The minimum absolute atomic E-state index is 0.0843. The van der Waals surface area contributed by atoms with Crippen LogP contribution in [-0.4, -0.2) is 20.7 Å². The Kier molecular flexibility index (Phi) is 5.47. The molecular formula is C13H22N2O2S. The predicted molar refractivity (Wildman–Crippen MR) is 77.5 cm³/mol. The first-order chi connectivity index (χ1) is 8.46. The van der Waals surface area contributed by atoms with Crippen molar-refractivity contribution in [3.8, 4) is 0 Å². The highest BCUT2D eigenvalue weighted by Crippen LogP contribution is 2.15. The van der Waals surface area contributed by atoms with Gasteiger partial charge in [-0.2, -0.15) is 0 Å². The van der Waals surface area contributed by atoms with Gasteiger partial charge in [0.15, 0.2) is 0 Å². The second-order valence-electron chi connectivity index (χ2n) is 4.48. The van der Waals surface area contributed by atoms with Gasteiger partial charge in [-0.1, -0.05) is 20.3 Å². The summed E-state index contributed by atoms with van der Waals surface area (Å²) in [7, 11) is -3.19. The van der Waals surface area contributed by atoms with Crippen LogP contribution >= 0.6 is 0 Å². The van der Waals surface area contributed by atoms with Gasteiger partial charge in [0.25, 0.3) is 0 Å². The van der Waals surface area contributed by atoms with Crippen molar-refractivity contribution < 1.29 is 8.42 Å². The normalized spacial score (nSPS) is 13.1. The molecule has 0 fully saturated rings. The van der Waals surface area contributed by atoms with Crippen molar-refractivity contribution >= 4 is 21.4 Å². The Balaban J connectivity index is 2.58. The number of anilines is 2. The lowest BCUT2D eigenvalue weighted by Gasteiger charge is -2.12. The number of hydrogen-bond donors (Lipinski definition) is 2. The molecule has 0 amide bonds. The molecule has 0 spiro atoms. The van der Waals surface area contributed by atoms with Crippen LogP contribution in [0, 0.1) is 5.92 Å². The van der Waals surface area contributed by atoms with E-state index in [0.29, 0.717) is 11.6 Å². The molecule has 1 aromatic carbocycles. The Labute approximate surface area is 110 Å². The average Bonchev–Trinajstić information content (AvgIpc) is 2.37. The van der Waals surface area contributed by atoms with Crippen molar-refractivity contribution in [1.82, 2.24) is 0 Å². The van der Waals surface area contributed by atoms with Gasteiger partial charge in [0.1, 0.15) is 0 Å². The van der Waals surface area contributed by atoms with E-state index < -0.39 is 10.0 Å². The van der Waals surface area contributed by atoms with E-state index in [-0.39, 0.29) is 5.75 Å². The number of hydrogen-bond acceptors (Lipinski definition) is 3. The first-order valence-corrected chi connectivity index (χ1v) is 7.96. The molecule has 1 unspecified atom stereocenters. The molecule has 0 aliphatic rings. The molecule has 1 rings (SSSR count). The van der Waals surface area contributed by atoms with Crippen molar-refractivity contribution in [1.29, 1.82) is 0 Å². The molecule has 0 saturated carbocycles. The lowest BCUT2D eigenvalue weighted by molar-refractivity contribution is 0.593. The van der Waals surface area contributed by atoms with Crippen LogP contribution in [0.2, 0.25) is 0 Å². The molecule has 0 aliphatic heterocycles. The SMILES string of the molecule is CCC(C)CNc1ccc(NS(=O)(=O)CC)cc1. The van der Waals surface area contributed by atoms with E-state index in [1.54, 1.807) is 19.1 Å². The summed E-state index contributed by atoms with van der Waals surface area (Å²) in [6.07, 6.45) is 1.14. The summed E-state index contributed by atoms with van der Waals surface area (Å²) in [5.41, 5.74) is 1.61. The molecule has 5 heteroatoms. The van der Waals surface area contributed by atoms with Crippen molar-refractivity contribution in [2.24, 2.45) is 5.92 Å². The van der Waals surface area contributed by atoms with E-state index in [1.165, 1.54) is 0 Å². The molecule has 1 atom stereocenters. The minimum atomic E-state index is -3.19. The van der Waals surface area contributed by atoms with Gasteiger partial charge in [-0.3, -0.25) is 4.72 Å². The number of sulfonamides is 1. The Bertz CT molecular complexity index is 454. The Hall–Kier alpha value is -1.23. The van der Waals surface area contributed by atoms with Gasteiger partial charge < -0.3 is 5.32 Å². The first kappa shape index (κ1) is 14.8. The maximum Gasteiger partial charge on any atom is 0.232 e. The van der Waals surface area contributed by atoms with Crippen LogP contribution < -0.4 is 10.0 Å². The van der Waals surface area contributed by atoms with Crippen LogP contribution in [0.5, 0.6) is 0 Å². The van der Waals surface area contributed by atoms with Crippen LogP contribution in [0.4, 0.5) is 11.4 Å². The maximum absolute atomic E-state index is 11.4. The third-order valence-corrected chi connectivity index (χ3v) is 4.20. The number of nitrogens with one attached hydrogen (secondary N) is 2. The molecule has 4 nitrogen and oxygen atoms in total. The van der Waals surface area contributed by atoms with Gasteiger partial charge >= 0.3 is 0 Å². The van der Waals surface area contributed by atoms with Crippen molar-refractivity contribution in [3.05, 3.63) is 24.3 Å². The van der Waals surface area contributed by atoms with E-state index in [1.807, 2.05) is 12.1 Å². The lowest BCUT2D eigenvalue weighted by Crippen LogP contribution is -2.14. The van der Waals surface area contributed by atoms with Crippen molar-refractivity contribution in [2.75, 3.05) is 22.3 Å². The van der Waals surface area contributed by atoms with Gasteiger partial charge in [-0.15, -0.1) is 0 Å². The van der Waals surface area contributed by atoms with Gasteiger partial charge in [-0.25, -0.2) is 8.42 Å². The summed E-state index contributed by atoms with van der Waals surface area (Å²) in [6, 6.07) is 7.31. The third kappa shape index (κ3) is 4.96. The van der Waals surface area contributed by atoms with Gasteiger partial charge in [0.05, 0.1) is 5.75 Å². The zero-order chi connectivity index (χ0) is 13.6. The Morgan fingerprint density at radius 3 is 2.17 bits per heavy atom. The fourth-order valence-electron chi connectivity index (χ4n) is 1.34. The zero-order valence-electron chi connectivity index (χ0n) is 11.2. The molecule has 0 bridgehead atoms. The summed E-state index contributed by atoms with van der Waals surface area (Å²) in [5.74, 6) is 0.712. The van der Waals surface area contributed by atoms with Crippen LogP contribution in [0.3, 0.4) is 0 Å². The monoisotopic (exact) mass is 270 g/mol. The fraction of sp³-hybridized carbons (Fsp3) is 0.538. The molecule has 0 aliphatic carbocycles. The quantitative estimate of drug-likeness (QED) is 0.801. The minimum Gasteiger partial charge on any atom is -0.385 e. The summed E-state index contributed by atoms with van der Waals surface area (Å²) in [6.45, 7) is 6.90. The maximum atomic E-state index is 11.4. The van der Waals surface area contributed by atoms with Crippen molar-refractivity contribution in [2.45, 2.75) is 27.2 Å². The van der Waals surface area contributed by atoms with Crippen LogP contribution in [0.25, 0.3) is 0 Å². The average molecular weight is 270 g/mol. The molecule has 2 N–H and O–H groups in total. The van der Waals surface area contributed by atoms with Crippen LogP contribution in [0.1, 0.15) is 27.2 Å². The van der Waals surface area contributed by atoms with Gasteiger partial charge in [0.2, 0.25) is 10.0 Å². The second kappa shape index (κ2) is 6.64. The first-order valence-electron chi connectivity index (χ1n) is 6.31. The topological polar surface area (TPSA) is 58.2 Å². The molecule has 0 heterocycles. The smallest absolute Gasteiger partial charge is 0.232 e. The summed E-state index contributed by atoms with van der Waals surface area (Å²) < 4.78 is 25.3. The Morgan fingerprint density at radius 2 is 1.67 bits per heavy atom. The molecule has 102 valence electrons. The molecule has 18 heavy (non-hydrogen) atoms. The van der Waals surface area contributed by atoms with E-state index in [4.69, 9.17) is 0 Å². The summed E-state index contributed by atoms with van der Waals surface area (Å²) in [4.78, 5) is 0. The Morgan fingerprint density at radius 1 is 1.11 bits per heavy atom. The molecule has 0 saturated heterocycles. The highest BCUT2D eigenvalue weighted by Gasteiger charge is 2.06. The molecule has 1 aromatic rings. The molecule has 0 aromatic heterocycles. The molecule has 0 radical (unpaired) electrons. The zero-order valence-corrected chi connectivity index (χ0v) is 12.0. The highest BCUT2D eigenvalue weighted by molar-refractivity contribution is 7.92. The van der Waals surface area contributed by atoms with E-state index in [2.05, 4.69) is 23.9 Å². The van der Waals surface area contributed by atoms with E-state index in [0.717, 1.165) is 18.7 Å². The number of benzene rings is 1. The second-order valence-corrected chi connectivity index (χ2v) is 6.49. The lowest BCUT2D eigenvalue weighted by atomic mass is 10.1. The van der Waals surface area contributed by atoms with Gasteiger partial charge in [-0.05, 0) is 37.1 Å². The highest BCUT2D eigenvalue weighted by atomic mass is 32.2. The van der Waals surface area contributed by atoms with E-state index in [9.17, 15) is 8.42 Å². The fourth-order valence-corrected chi connectivity index (χ4v) is 1.98. The van der Waals surface area contributed by atoms with Crippen LogP contribution in [-0.2, 0) is 10.0 Å². The van der Waals surface area contributed by atoms with Gasteiger partial charge in [0, 0.05) is 17.9 Å².